The molecular weight excluding hydrogens is 473 g/mol. The summed E-state index contributed by atoms with van der Waals surface area (Å²) >= 11 is 0. The van der Waals surface area contributed by atoms with Gasteiger partial charge in [0, 0.05) is 13.7 Å². The highest BCUT2D eigenvalue weighted by atomic mass is 32.2. The minimum Gasteiger partial charge on any atom is -0.372 e. The molecule has 9 nitrogen and oxygen atoms in total. The van der Waals surface area contributed by atoms with Gasteiger partial charge < -0.3 is 15.4 Å². The first-order valence-electron chi connectivity index (χ1n) is 9.69. The molecular formula is C21H23F3N6O3S. The summed E-state index contributed by atoms with van der Waals surface area (Å²) in [7, 11) is -2.35. The van der Waals surface area contributed by atoms with Crippen LogP contribution in [0.3, 0.4) is 0 Å². The van der Waals surface area contributed by atoms with Crippen molar-refractivity contribution in [2.75, 3.05) is 26.8 Å². The fourth-order valence-electron chi connectivity index (χ4n) is 2.41. The number of methoxy groups -OCH3 is 1. The van der Waals surface area contributed by atoms with Crippen molar-refractivity contribution >= 4 is 27.5 Å². The van der Waals surface area contributed by atoms with Crippen molar-refractivity contribution in [2.45, 2.75) is 17.6 Å². The van der Waals surface area contributed by atoms with Crippen LogP contribution in [-0.4, -0.2) is 58.9 Å². The van der Waals surface area contributed by atoms with Gasteiger partial charge in [-0.1, -0.05) is 30.7 Å². The van der Waals surface area contributed by atoms with Crippen molar-refractivity contribution < 1.29 is 26.3 Å². The topological polar surface area (TPSA) is 131 Å². The second-order valence-corrected chi connectivity index (χ2v) is 8.28. The van der Waals surface area contributed by atoms with Crippen LogP contribution in [0.25, 0.3) is 0 Å². The summed E-state index contributed by atoms with van der Waals surface area (Å²) in [6.07, 6.45) is -1.29. The molecule has 1 heterocycles. The van der Waals surface area contributed by atoms with Gasteiger partial charge in [0.25, 0.3) is 0 Å². The molecule has 0 aliphatic carbocycles. The van der Waals surface area contributed by atoms with Gasteiger partial charge in [0.05, 0.1) is 17.1 Å². The first-order valence-corrected chi connectivity index (χ1v) is 11.2. The molecule has 2 rings (SSSR count). The van der Waals surface area contributed by atoms with Crippen LogP contribution in [0.4, 0.5) is 13.2 Å². The molecule has 0 spiro atoms. The number of guanidine groups is 1. The number of sulfonamides is 1. The Morgan fingerprint density at radius 1 is 1.21 bits per heavy atom. The Bertz CT molecular complexity index is 1170. The van der Waals surface area contributed by atoms with Crippen LogP contribution in [0.1, 0.15) is 5.56 Å². The summed E-state index contributed by atoms with van der Waals surface area (Å²) in [4.78, 5) is 12.5. The lowest BCUT2D eigenvalue weighted by Gasteiger charge is -2.14. The third kappa shape index (κ3) is 9.57. The van der Waals surface area contributed by atoms with Crippen LogP contribution < -0.4 is 15.8 Å². The number of allylic oxidation sites excluding steroid dienone is 1. The summed E-state index contributed by atoms with van der Waals surface area (Å²) in [6, 6.07) is 5.75. The molecule has 4 N–H and O–H groups in total. The van der Waals surface area contributed by atoms with Gasteiger partial charge in [0.2, 0.25) is 16.0 Å². The zero-order valence-corrected chi connectivity index (χ0v) is 19.0. The first kappa shape index (κ1) is 26.8. The van der Waals surface area contributed by atoms with E-state index >= 15 is 0 Å². The van der Waals surface area contributed by atoms with Gasteiger partial charge in [-0.15, -0.1) is 0 Å². The van der Waals surface area contributed by atoms with Crippen LogP contribution in [0.5, 0.6) is 0 Å². The normalized spacial score (nSPS) is 20.4. The highest BCUT2D eigenvalue weighted by Gasteiger charge is 2.28. The fourth-order valence-corrected chi connectivity index (χ4v) is 2.93. The van der Waals surface area contributed by atoms with E-state index in [1.54, 1.807) is 12.2 Å². The Hall–Kier alpha value is -3.47. The number of benzene rings is 1. The third-order valence-electron chi connectivity index (χ3n) is 3.96. The fraction of sp³-hybridized carbons (Fsp3) is 0.286. The van der Waals surface area contributed by atoms with E-state index < -0.39 is 22.7 Å². The molecule has 0 radical (unpaired) electrons. The van der Waals surface area contributed by atoms with Crippen LogP contribution in [0.2, 0.25) is 0 Å². The third-order valence-corrected chi connectivity index (χ3v) is 4.89. The number of ether oxygens (including phenoxy) is 1. The second-order valence-electron chi connectivity index (χ2n) is 6.72. The average molecular weight is 497 g/mol. The maximum absolute atomic E-state index is 12.8. The molecule has 0 saturated heterocycles. The SMILES string of the molecule is C=C1/N=C(C#CCOC)\C=C/C/N=C(NCc2ccc(S(N)(=O)=O)cc2)\N=C/1NCC(F)(F)F. The number of hydrogen-bond donors (Lipinski definition) is 3. The summed E-state index contributed by atoms with van der Waals surface area (Å²) in [5, 5.41) is 10.2. The van der Waals surface area contributed by atoms with Gasteiger partial charge >= 0.3 is 6.18 Å². The van der Waals surface area contributed by atoms with E-state index in [4.69, 9.17) is 9.88 Å². The zero-order chi connectivity index (χ0) is 25.2. The van der Waals surface area contributed by atoms with E-state index in [0.717, 1.165) is 0 Å². The molecule has 1 aromatic rings. The Balaban J connectivity index is 2.28. The second kappa shape index (κ2) is 12.1. The standard InChI is InChI=1S/C21H23F3N6O3S/c1-15-19(28-14-21(22,23)24)30-20(26-11-3-5-17(29-15)6-4-12-33-2)27-13-16-7-9-18(10-8-16)34(25,31)32/h3,5,7-10H,1,11-14H2,2H3,(H2,25,31,32)(H2,26,27,28,30)/b5-3-,29-17+. The Labute approximate surface area is 195 Å². The Kier molecular flexibility index (Phi) is 9.55. The number of aliphatic imine (C=N–C) groups is 3. The highest BCUT2D eigenvalue weighted by Crippen LogP contribution is 2.13. The average Bonchev–Trinajstić information content (AvgIpc) is 2.75. The lowest BCUT2D eigenvalue weighted by molar-refractivity contribution is -0.121. The minimum atomic E-state index is -4.50. The number of hydrogen-bond acceptors (Lipinski definition) is 8. The van der Waals surface area contributed by atoms with Crippen molar-refractivity contribution in [2.24, 2.45) is 20.1 Å². The van der Waals surface area contributed by atoms with Gasteiger partial charge in [-0.3, -0.25) is 0 Å². The van der Waals surface area contributed by atoms with Crippen molar-refractivity contribution in [3.8, 4) is 11.8 Å². The molecule has 1 aromatic carbocycles. The van der Waals surface area contributed by atoms with Crippen molar-refractivity contribution in [1.29, 1.82) is 0 Å². The molecule has 13 heteroatoms. The number of halogens is 3. The molecule has 1 aliphatic rings. The van der Waals surface area contributed by atoms with E-state index in [1.165, 1.54) is 31.4 Å². The highest BCUT2D eigenvalue weighted by molar-refractivity contribution is 7.89. The lowest BCUT2D eigenvalue weighted by atomic mass is 10.2. The van der Waals surface area contributed by atoms with Crippen LogP contribution in [-0.2, 0) is 21.3 Å². The molecule has 0 bridgehead atoms. The number of alkyl halides is 3. The molecule has 0 fully saturated rings. The predicted octanol–water partition coefficient (Wildman–Crippen LogP) is 1.50. The van der Waals surface area contributed by atoms with E-state index in [2.05, 4.69) is 44.0 Å². The number of rotatable bonds is 5. The lowest BCUT2D eigenvalue weighted by Crippen LogP contribution is -2.36. The summed E-state index contributed by atoms with van der Waals surface area (Å²) in [5.41, 5.74) is 0.838. The van der Waals surface area contributed by atoms with Crippen molar-refractivity contribution in [3.63, 3.8) is 0 Å². The molecule has 0 amide bonds. The van der Waals surface area contributed by atoms with Gasteiger partial charge in [-0.25, -0.2) is 23.5 Å². The Morgan fingerprint density at radius 2 is 1.91 bits per heavy atom. The molecule has 0 atom stereocenters. The predicted molar refractivity (Wildman–Crippen MR) is 124 cm³/mol. The van der Waals surface area contributed by atoms with Gasteiger partial charge in [0.1, 0.15) is 18.9 Å². The van der Waals surface area contributed by atoms with E-state index in [0.29, 0.717) is 5.56 Å². The van der Waals surface area contributed by atoms with Crippen molar-refractivity contribution in [1.82, 2.24) is 10.6 Å². The Morgan fingerprint density at radius 3 is 2.53 bits per heavy atom. The van der Waals surface area contributed by atoms with Gasteiger partial charge in [0.15, 0.2) is 5.84 Å². The zero-order valence-electron chi connectivity index (χ0n) is 18.2. The van der Waals surface area contributed by atoms with E-state index in [9.17, 15) is 21.6 Å². The smallest absolute Gasteiger partial charge is 0.372 e. The van der Waals surface area contributed by atoms with Crippen LogP contribution >= 0.6 is 0 Å². The summed E-state index contributed by atoms with van der Waals surface area (Å²) in [6.45, 7) is 2.79. The van der Waals surface area contributed by atoms with E-state index in [-0.39, 0.29) is 47.8 Å². The van der Waals surface area contributed by atoms with E-state index in [1.807, 2.05) is 0 Å². The summed E-state index contributed by atoms with van der Waals surface area (Å²) in [5.74, 6) is 5.24. The van der Waals surface area contributed by atoms with Crippen LogP contribution in [0.15, 0.2) is 68.6 Å². The summed E-state index contributed by atoms with van der Waals surface area (Å²) < 4.78 is 66.0. The molecule has 0 unspecified atom stereocenters. The number of nitrogens with two attached hydrogens (primary N) is 1. The monoisotopic (exact) mass is 496 g/mol. The molecule has 0 saturated carbocycles. The number of primary sulfonamides is 1. The van der Waals surface area contributed by atoms with Gasteiger partial charge in [-0.05, 0) is 29.7 Å². The first-order chi connectivity index (χ1) is 16.0. The minimum absolute atomic E-state index is 0.0233. The maximum Gasteiger partial charge on any atom is 0.405 e. The molecule has 0 aromatic heterocycles. The number of amidine groups is 1. The largest absolute Gasteiger partial charge is 0.405 e. The number of nitrogens with one attached hydrogen (secondary N) is 2. The molecule has 182 valence electrons. The molecule has 1 aliphatic heterocycles. The number of nitrogens with zero attached hydrogens (tertiary/aromatic N) is 3. The molecule has 34 heavy (non-hydrogen) atoms. The van der Waals surface area contributed by atoms with Crippen LogP contribution in [0, 0.1) is 11.8 Å². The van der Waals surface area contributed by atoms with Crippen molar-refractivity contribution in [3.05, 3.63) is 54.3 Å². The van der Waals surface area contributed by atoms with Gasteiger partial charge in [-0.2, -0.15) is 18.2 Å². The quantitative estimate of drug-likeness (QED) is 0.532. The maximum atomic E-state index is 12.8.